The second kappa shape index (κ2) is 8.46. The molecule has 1 aliphatic rings. The van der Waals surface area contributed by atoms with Crippen LogP contribution in [-0.4, -0.2) is 36.3 Å². The Morgan fingerprint density at radius 3 is 2.37 bits per heavy atom. The van der Waals surface area contributed by atoms with Crippen molar-refractivity contribution in [3.63, 3.8) is 0 Å². The number of nitrogens with zero attached hydrogens (tertiary/aromatic N) is 1. The topological polar surface area (TPSA) is 90.5 Å². The maximum atomic E-state index is 12.4. The Hall–Kier alpha value is -3.19. The smallest absolute Gasteiger partial charge is 0.324 e. The Labute approximate surface area is 157 Å². The average molecular weight is 366 g/mol. The molecule has 0 aliphatic carbocycles. The standard InChI is InChI=1S/C20H22N4O3/c1-21-10-14-5-7-15(8-6-14)11-22-19(26)17-4-2-3-16(9-17)13-24-18(25)12-23-20(24)27/h2-9,21H,10-13H2,1H3,(H,22,26)(H,23,27). The number of imide groups is 1. The molecule has 1 fully saturated rings. The van der Waals surface area contributed by atoms with Crippen LogP contribution in [0.15, 0.2) is 48.5 Å². The van der Waals surface area contributed by atoms with Crippen molar-refractivity contribution in [3.05, 3.63) is 70.8 Å². The second-order valence-corrected chi connectivity index (χ2v) is 6.37. The Morgan fingerprint density at radius 2 is 1.74 bits per heavy atom. The molecule has 0 atom stereocenters. The van der Waals surface area contributed by atoms with Gasteiger partial charge in [-0.1, -0.05) is 36.4 Å². The van der Waals surface area contributed by atoms with Gasteiger partial charge in [-0.05, 0) is 35.9 Å². The van der Waals surface area contributed by atoms with Gasteiger partial charge in [0.25, 0.3) is 5.91 Å². The Kier molecular flexibility index (Phi) is 5.83. The highest BCUT2D eigenvalue weighted by Gasteiger charge is 2.28. The molecule has 3 rings (SSSR count). The van der Waals surface area contributed by atoms with Crippen LogP contribution in [0.4, 0.5) is 4.79 Å². The number of nitrogens with one attached hydrogen (secondary N) is 3. The number of carbonyl (C=O) groups is 3. The van der Waals surface area contributed by atoms with Gasteiger partial charge in [0.1, 0.15) is 0 Å². The molecule has 0 spiro atoms. The van der Waals surface area contributed by atoms with E-state index in [9.17, 15) is 14.4 Å². The van der Waals surface area contributed by atoms with Gasteiger partial charge in [-0.15, -0.1) is 0 Å². The molecular weight excluding hydrogens is 344 g/mol. The van der Waals surface area contributed by atoms with Crippen molar-refractivity contribution >= 4 is 17.8 Å². The van der Waals surface area contributed by atoms with E-state index in [4.69, 9.17) is 0 Å². The highest BCUT2D eigenvalue weighted by molar-refractivity contribution is 6.02. The molecule has 0 unspecified atom stereocenters. The van der Waals surface area contributed by atoms with Gasteiger partial charge in [-0.3, -0.25) is 14.5 Å². The van der Waals surface area contributed by atoms with E-state index in [1.807, 2.05) is 31.3 Å². The first-order valence-electron chi connectivity index (χ1n) is 8.74. The van der Waals surface area contributed by atoms with Gasteiger partial charge in [-0.25, -0.2) is 4.79 Å². The fraction of sp³-hybridized carbons (Fsp3) is 0.250. The minimum Gasteiger partial charge on any atom is -0.348 e. The van der Waals surface area contributed by atoms with Crippen molar-refractivity contribution < 1.29 is 14.4 Å². The normalized spacial score (nSPS) is 13.6. The van der Waals surface area contributed by atoms with Crippen LogP contribution in [0.25, 0.3) is 0 Å². The molecule has 0 radical (unpaired) electrons. The van der Waals surface area contributed by atoms with Crippen molar-refractivity contribution in [1.29, 1.82) is 0 Å². The number of amides is 4. The molecule has 3 N–H and O–H groups in total. The lowest BCUT2D eigenvalue weighted by Crippen LogP contribution is -2.30. The first kappa shape index (κ1) is 18.6. The van der Waals surface area contributed by atoms with Crippen LogP contribution in [0.2, 0.25) is 0 Å². The van der Waals surface area contributed by atoms with E-state index in [1.54, 1.807) is 24.3 Å². The molecule has 140 valence electrons. The van der Waals surface area contributed by atoms with Crippen molar-refractivity contribution in [2.75, 3.05) is 13.6 Å². The van der Waals surface area contributed by atoms with E-state index in [-0.39, 0.29) is 24.9 Å². The monoisotopic (exact) mass is 366 g/mol. The zero-order chi connectivity index (χ0) is 19.2. The molecule has 2 aromatic carbocycles. The van der Waals surface area contributed by atoms with Crippen LogP contribution in [0.3, 0.4) is 0 Å². The summed E-state index contributed by atoms with van der Waals surface area (Å²) in [6.07, 6.45) is 0. The second-order valence-electron chi connectivity index (χ2n) is 6.37. The van der Waals surface area contributed by atoms with Crippen LogP contribution in [0.5, 0.6) is 0 Å². The Morgan fingerprint density at radius 1 is 1.04 bits per heavy atom. The quantitative estimate of drug-likeness (QED) is 0.646. The predicted molar refractivity (Wildman–Crippen MR) is 101 cm³/mol. The molecule has 1 heterocycles. The van der Waals surface area contributed by atoms with Crippen molar-refractivity contribution in [2.24, 2.45) is 0 Å². The number of hydrogen-bond donors (Lipinski definition) is 3. The van der Waals surface area contributed by atoms with Crippen LogP contribution < -0.4 is 16.0 Å². The number of hydrogen-bond acceptors (Lipinski definition) is 4. The number of benzene rings is 2. The number of urea groups is 1. The van der Waals surface area contributed by atoms with Crippen molar-refractivity contribution in [2.45, 2.75) is 19.6 Å². The molecule has 27 heavy (non-hydrogen) atoms. The lowest BCUT2D eigenvalue weighted by molar-refractivity contribution is -0.125. The predicted octanol–water partition coefficient (Wildman–Crippen LogP) is 1.39. The van der Waals surface area contributed by atoms with Gasteiger partial charge in [0.05, 0.1) is 13.1 Å². The third-order valence-corrected chi connectivity index (χ3v) is 4.32. The number of carbonyl (C=O) groups excluding carboxylic acids is 3. The maximum absolute atomic E-state index is 12.4. The van der Waals surface area contributed by atoms with Gasteiger partial charge in [0.2, 0.25) is 5.91 Å². The highest BCUT2D eigenvalue weighted by atomic mass is 16.2. The van der Waals surface area contributed by atoms with E-state index in [0.717, 1.165) is 22.6 Å². The molecule has 0 bridgehead atoms. The average Bonchev–Trinajstić information content (AvgIpc) is 3.00. The summed E-state index contributed by atoms with van der Waals surface area (Å²) in [4.78, 5) is 36.9. The number of rotatable bonds is 7. The van der Waals surface area contributed by atoms with Crippen LogP contribution in [-0.2, 0) is 24.4 Å². The summed E-state index contributed by atoms with van der Waals surface area (Å²) in [7, 11) is 1.90. The van der Waals surface area contributed by atoms with E-state index >= 15 is 0 Å². The van der Waals surface area contributed by atoms with Gasteiger partial charge < -0.3 is 16.0 Å². The van der Waals surface area contributed by atoms with E-state index in [2.05, 4.69) is 16.0 Å². The van der Waals surface area contributed by atoms with Crippen LogP contribution in [0.1, 0.15) is 27.0 Å². The lowest BCUT2D eigenvalue weighted by Gasteiger charge is -2.13. The third kappa shape index (κ3) is 4.71. The Balaban J connectivity index is 1.60. The van der Waals surface area contributed by atoms with Crippen molar-refractivity contribution in [3.8, 4) is 0 Å². The molecular formula is C20H22N4O3. The van der Waals surface area contributed by atoms with Gasteiger partial charge in [0, 0.05) is 18.7 Å². The zero-order valence-electron chi connectivity index (χ0n) is 15.1. The first-order valence-corrected chi connectivity index (χ1v) is 8.74. The molecule has 0 saturated carbocycles. The first-order chi connectivity index (χ1) is 13.1. The van der Waals surface area contributed by atoms with Gasteiger partial charge in [-0.2, -0.15) is 0 Å². The Bertz CT molecular complexity index is 833. The highest BCUT2D eigenvalue weighted by Crippen LogP contribution is 2.12. The molecule has 2 aromatic rings. The lowest BCUT2D eigenvalue weighted by atomic mass is 10.1. The van der Waals surface area contributed by atoms with Crippen LogP contribution in [0, 0.1) is 0 Å². The molecule has 1 saturated heterocycles. The summed E-state index contributed by atoms with van der Waals surface area (Å²) in [6.45, 7) is 1.40. The summed E-state index contributed by atoms with van der Waals surface area (Å²) in [5.41, 5.74) is 3.41. The van der Waals surface area contributed by atoms with Crippen molar-refractivity contribution in [1.82, 2.24) is 20.9 Å². The minimum absolute atomic E-state index is 0.0200. The largest absolute Gasteiger partial charge is 0.348 e. The van der Waals surface area contributed by atoms with Gasteiger partial charge >= 0.3 is 6.03 Å². The van der Waals surface area contributed by atoms with E-state index < -0.39 is 6.03 Å². The molecule has 0 aromatic heterocycles. The zero-order valence-corrected chi connectivity index (χ0v) is 15.1. The summed E-state index contributed by atoms with van der Waals surface area (Å²) < 4.78 is 0. The van der Waals surface area contributed by atoms with E-state index in [1.165, 1.54) is 5.56 Å². The summed E-state index contributed by atoms with van der Waals surface area (Å²) >= 11 is 0. The van der Waals surface area contributed by atoms with Gasteiger partial charge in [0.15, 0.2) is 0 Å². The molecule has 1 aliphatic heterocycles. The fourth-order valence-corrected chi connectivity index (χ4v) is 2.87. The third-order valence-electron chi connectivity index (χ3n) is 4.32. The SMILES string of the molecule is CNCc1ccc(CNC(=O)c2cccc(CN3C(=O)CNC3=O)c2)cc1. The maximum Gasteiger partial charge on any atom is 0.324 e. The fourth-order valence-electron chi connectivity index (χ4n) is 2.87. The minimum atomic E-state index is -0.406. The molecule has 4 amide bonds. The summed E-state index contributed by atoms with van der Waals surface area (Å²) in [5, 5.41) is 8.46. The summed E-state index contributed by atoms with van der Waals surface area (Å²) in [5.74, 6) is -0.468. The van der Waals surface area contributed by atoms with Crippen LogP contribution >= 0.6 is 0 Å². The molecule has 7 nitrogen and oxygen atoms in total. The molecule has 7 heteroatoms. The summed E-state index contributed by atoms with van der Waals surface area (Å²) in [6, 6.07) is 14.6. The van der Waals surface area contributed by atoms with E-state index in [0.29, 0.717) is 12.1 Å².